The van der Waals surface area contributed by atoms with E-state index in [1.807, 2.05) is 0 Å². The van der Waals surface area contributed by atoms with E-state index in [2.05, 4.69) is 20.8 Å². The van der Waals surface area contributed by atoms with E-state index in [0.717, 1.165) is 24.0 Å². The first-order valence-corrected chi connectivity index (χ1v) is 3.70. The van der Waals surface area contributed by atoms with Gasteiger partial charge in [-0.15, -0.1) is 0 Å². The van der Waals surface area contributed by atoms with E-state index in [0.29, 0.717) is 5.92 Å². The van der Waals surface area contributed by atoms with Gasteiger partial charge in [-0.2, -0.15) is 0 Å². The fourth-order valence-corrected chi connectivity index (χ4v) is 1.15. The first kappa shape index (κ1) is 6.79. The lowest BCUT2D eigenvalue weighted by Crippen LogP contribution is -2.06. The van der Waals surface area contributed by atoms with Crippen LogP contribution in [0.4, 0.5) is 0 Å². The first-order chi connectivity index (χ1) is 4.13. The fourth-order valence-electron chi connectivity index (χ4n) is 1.15. The Balaban J connectivity index is 2.35. The molecule has 0 aromatic heterocycles. The van der Waals surface area contributed by atoms with Crippen molar-refractivity contribution in [2.24, 2.45) is 17.8 Å². The molecule has 0 saturated heterocycles. The van der Waals surface area contributed by atoms with Crippen molar-refractivity contribution in [3.8, 4) is 0 Å². The molecule has 1 aliphatic rings. The lowest BCUT2D eigenvalue weighted by molar-refractivity contribution is 0.387. The summed E-state index contributed by atoms with van der Waals surface area (Å²) in [6.07, 6.45) is 1.07. The van der Waals surface area contributed by atoms with E-state index in [1.54, 1.807) is 0 Å². The van der Waals surface area contributed by atoms with Gasteiger partial charge in [-0.05, 0) is 18.3 Å². The van der Waals surface area contributed by atoms with Crippen LogP contribution in [0.15, 0.2) is 0 Å². The van der Waals surface area contributed by atoms with E-state index in [-0.39, 0.29) is 0 Å². The molecule has 1 unspecified atom stereocenters. The molecule has 0 bridgehead atoms. The molecule has 1 fully saturated rings. The Kier molecular flexibility index (Phi) is 1.60. The summed E-state index contributed by atoms with van der Waals surface area (Å²) >= 11 is 0. The molecule has 9 heavy (non-hydrogen) atoms. The highest BCUT2D eigenvalue weighted by molar-refractivity contribution is 5.98. The van der Waals surface area contributed by atoms with Gasteiger partial charge in [-0.25, -0.2) is 0 Å². The molecular formula is C8H15N. The summed E-state index contributed by atoms with van der Waals surface area (Å²) in [7, 11) is 0. The van der Waals surface area contributed by atoms with Crippen molar-refractivity contribution < 1.29 is 0 Å². The Bertz CT molecular complexity index is 127. The summed E-state index contributed by atoms with van der Waals surface area (Å²) < 4.78 is 0. The predicted molar refractivity (Wildman–Crippen MR) is 39.8 cm³/mol. The Morgan fingerprint density at radius 3 is 2.00 bits per heavy atom. The van der Waals surface area contributed by atoms with Gasteiger partial charge in [-0.3, -0.25) is 0 Å². The number of rotatable bonds is 2. The normalized spacial score (nSPS) is 28.9. The van der Waals surface area contributed by atoms with Crippen LogP contribution >= 0.6 is 0 Å². The number of hydrogen-bond acceptors (Lipinski definition) is 1. The molecule has 1 saturated carbocycles. The molecule has 1 heteroatoms. The van der Waals surface area contributed by atoms with Gasteiger partial charge in [0.05, 0.1) is 0 Å². The van der Waals surface area contributed by atoms with Crippen molar-refractivity contribution in [1.29, 1.82) is 5.41 Å². The minimum absolute atomic E-state index is 0.644. The second-order valence-electron chi connectivity index (χ2n) is 3.44. The van der Waals surface area contributed by atoms with Crippen LogP contribution in [0.25, 0.3) is 0 Å². The summed E-state index contributed by atoms with van der Waals surface area (Å²) in [5, 5.41) is 7.29. The molecule has 1 N–H and O–H groups in total. The van der Waals surface area contributed by atoms with Crippen molar-refractivity contribution in [2.75, 3.05) is 0 Å². The van der Waals surface area contributed by atoms with Crippen LogP contribution in [0, 0.1) is 23.2 Å². The van der Waals surface area contributed by atoms with E-state index in [1.165, 1.54) is 0 Å². The van der Waals surface area contributed by atoms with Crippen LogP contribution in [0.3, 0.4) is 0 Å². The van der Waals surface area contributed by atoms with Crippen LogP contribution in [-0.4, -0.2) is 5.71 Å². The zero-order valence-electron chi connectivity index (χ0n) is 6.44. The van der Waals surface area contributed by atoms with Gasteiger partial charge in [0.15, 0.2) is 0 Å². The molecule has 1 rings (SSSR count). The molecule has 0 aliphatic heterocycles. The molecule has 0 spiro atoms. The highest BCUT2D eigenvalue weighted by atomic mass is 14.6. The standard InChI is InChI=1S/C8H15N/c1-5(2)6(3)7-4-8(7)9/h5-7,9H,4H2,1-3H3/t6-,7?/m0/s1. The summed E-state index contributed by atoms with van der Waals surface area (Å²) in [6, 6.07) is 0. The smallest absolute Gasteiger partial charge is 0.0133 e. The largest absolute Gasteiger partial charge is 0.309 e. The third kappa shape index (κ3) is 1.32. The predicted octanol–water partition coefficient (Wildman–Crippen LogP) is 2.32. The van der Waals surface area contributed by atoms with Crippen LogP contribution in [0.5, 0.6) is 0 Å². The van der Waals surface area contributed by atoms with Gasteiger partial charge in [0.25, 0.3) is 0 Å². The van der Waals surface area contributed by atoms with Crippen molar-refractivity contribution >= 4 is 5.71 Å². The van der Waals surface area contributed by atoms with Crippen LogP contribution in [0.2, 0.25) is 0 Å². The van der Waals surface area contributed by atoms with E-state index < -0.39 is 0 Å². The monoisotopic (exact) mass is 125 g/mol. The molecule has 0 aromatic rings. The molecule has 2 atom stereocenters. The van der Waals surface area contributed by atoms with E-state index >= 15 is 0 Å². The lowest BCUT2D eigenvalue weighted by atomic mass is 9.93. The Labute approximate surface area is 57.0 Å². The molecule has 0 radical (unpaired) electrons. The third-order valence-electron chi connectivity index (χ3n) is 2.41. The zero-order chi connectivity index (χ0) is 7.02. The van der Waals surface area contributed by atoms with Crippen molar-refractivity contribution in [3.05, 3.63) is 0 Å². The lowest BCUT2D eigenvalue weighted by Gasteiger charge is -2.12. The highest BCUT2D eigenvalue weighted by Gasteiger charge is 2.36. The van der Waals surface area contributed by atoms with Crippen LogP contribution < -0.4 is 0 Å². The van der Waals surface area contributed by atoms with Gasteiger partial charge < -0.3 is 5.41 Å². The second kappa shape index (κ2) is 2.13. The molecule has 0 amide bonds. The zero-order valence-corrected chi connectivity index (χ0v) is 6.44. The first-order valence-electron chi connectivity index (χ1n) is 3.70. The third-order valence-corrected chi connectivity index (χ3v) is 2.41. The van der Waals surface area contributed by atoms with Gasteiger partial charge in [0, 0.05) is 11.6 Å². The Morgan fingerprint density at radius 1 is 1.44 bits per heavy atom. The maximum absolute atomic E-state index is 7.29. The summed E-state index contributed by atoms with van der Waals surface area (Å²) in [6.45, 7) is 6.71. The number of hydrogen-bond donors (Lipinski definition) is 1. The molecule has 1 aliphatic carbocycles. The summed E-state index contributed by atoms with van der Waals surface area (Å²) in [4.78, 5) is 0. The van der Waals surface area contributed by atoms with Crippen molar-refractivity contribution in [2.45, 2.75) is 27.2 Å². The highest BCUT2D eigenvalue weighted by Crippen LogP contribution is 2.36. The maximum atomic E-state index is 7.29. The van der Waals surface area contributed by atoms with Gasteiger partial charge in [-0.1, -0.05) is 20.8 Å². The maximum Gasteiger partial charge on any atom is 0.0133 e. The quantitative estimate of drug-likeness (QED) is 0.585. The van der Waals surface area contributed by atoms with Crippen molar-refractivity contribution in [3.63, 3.8) is 0 Å². The SMILES string of the molecule is CC(C)[C@H](C)C1CC1=N. The van der Waals surface area contributed by atoms with Crippen molar-refractivity contribution in [1.82, 2.24) is 0 Å². The second-order valence-corrected chi connectivity index (χ2v) is 3.44. The Hall–Kier alpha value is -0.330. The Morgan fingerprint density at radius 2 is 1.89 bits per heavy atom. The van der Waals surface area contributed by atoms with Crippen LogP contribution in [-0.2, 0) is 0 Å². The average molecular weight is 125 g/mol. The van der Waals surface area contributed by atoms with Gasteiger partial charge in [0.1, 0.15) is 0 Å². The molecule has 0 heterocycles. The molecule has 0 aromatic carbocycles. The van der Waals surface area contributed by atoms with E-state index in [4.69, 9.17) is 5.41 Å². The summed E-state index contributed by atoms with van der Waals surface area (Å²) in [5.41, 5.74) is 0.969. The topological polar surface area (TPSA) is 23.9 Å². The van der Waals surface area contributed by atoms with Gasteiger partial charge in [0.2, 0.25) is 0 Å². The minimum atomic E-state index is 0.644. The van der Waals surface area contributed by atoms with E-state index in [9.17, 15) is 0 Å². The molecule has 1 nitrogen and oxygen atoms in total. The van der Waals surface area contributed by atoms with Gasteiger partial charge >= 0.3 is 0 Å². The average Bonchev–Trinajstić information content (AvgIpc) is 2.44. The van der Waals surface area contributed by atoms with Crippen LogP contribution in [0.1, 0.15) is 27.2 Å². The minimum Gasteiger partial charge on any atom is -0.309 e. The summed E-state index contributed by atoms with van der Waals surface area (Å²) in [5.74, 6) is 2.13. The number of nitrogens with one attached hydrogen (secondary N) is 1. The molecule has 52 valence electrons. The fraction of sp³-hybridized carbons (Fsp3) is 0.875. The molecular weight excluding hydrogens is 110 g/mol.